The maximum Gasteiger partial charge on any atom is 0.240 e. The van der Waals surface area contributed by atoms with Crippen LogP contribution < -0.4 is 10.5 Å². The summed E-state index contributed by atoms with van der Waals surface area (Å²) in [7, 11) is 0.193. The zero-order valence-electron chi connectivity index (χ0n) is 12.5. The van der Waals surface area contributed by atoms with Crippen LogP contribution in [0.25, 0.3) is 0 Å². The van der Waals surface area contributed by atoms with Gasteiger partial charge in [0.25, 0.3) is 0 Å². The summed E-state index contributed by atoms with van der Waals surface area (Å²) in [6.45, 7) is 5.90. The molecular weight excluding hydrogens is 298 g/mol. The van der Waals surface area contributed by atoms with E-state index in [4.69, 9.17) is 17.3 Å². The summed E-state index contributed by atoms with van der Waals surface area (Å²) in [5, 5.41) is 0.357. The molecule has 0 fully saturated rings. The van der Waals surface area contributed by atoms with Crippen LogP contribution in [0.15, 0.2) is 17.0 Å². The van der Waals surface area contributed by atoms with Crippen LogP contribution in [0, 0.1) is 6.92 Å². The third-order valence-electron chi connectivity index (χ3n) is 3.49. The van der Waals surface area contributed by atoms with Crippen molar-refractivity contribution in [3.8, 4) is 0 Å². The van der Waals surface area contributed by atoms with E-state index in [0.29, 0.717) is 17.1 Å². The van der Waals surface area contributed by atoms with Crippen LogP contribution in [-0.4, -0.2) is 39.5 Å². The molecule has 20 heavy (non-hydrogen) atoms. The van der Waals surface area contributed by atoms with Gasteiger partial charge in [0.1, 0.15) is 0 Å². The van der Waals surface area contributed by atoms with Crippen LogP contribution in [-0.2, 0) is 10.0 Å². The molecule has 5 nitrogen and oxygen atoms in total. The summed E-state index contributed by atoms with van der Waals surface area (Å²) in [6.07, 6.45) is 0. The second-order valence-electron chi connectivity index (χ2n) is 5.67. The lowest BCUT2D eigenvalue weighted by molar-refractivity contribution is 0.199. The Morgan fingerprint density at radius 2 is 1.90 bits per heavy atom. The number of hydrogen-bond acceptors (Lipinski definition) is 4. The summed E-state index contributed by atoms with van der Waals surface area (Å²) < 4.78 is 27.3. The lowest BCUT2D eigenvalue weighted by Crippen LogP contribution is -2.48. The predicted molar refractivity (Wildman–Crippen MR) is 83.6 cm³/mol. The van der Waals surface area contributed by atoms with Crippen molar-refractivity contribution in [1.82, 2.24) is 9.62 Å². The Hall–Kier alpha value is -0.820. The first kappa shape index (κ1) is 17.2. The number of halogens is 1. The molecule has 0 radical (unpaired) electrons. The van der Waals surface area contributed by atoms with Crippen LogP contribution in [0.3, 0.4) is 0 Å². The molecular formula is C13H22ClN3O2S. The van der Waals surface area contributed by atoms with Crippen molar-refractivity contribution in [2.45, 2.75) is 31.2 Å². The Balaban J connectivity index is 3.04. The van der Waals surface area contributed by atoms with Gasteiger partial charge in [-0.15, -0.1) is 0 Å². The van der Waals surface area contributed by atoms with Gasteiger partial charge < -0.3 is 10.6 Å². The number of benzene rings is 1. The number of nitrogens with zero attached hydrogens (tertiary/aromatic N) is 1. The van der Waals surface area contributed by atoms with Crippen LogP contribution >= 0.6 is 11.6 Å². The van der Waals surface area contributed by atoms with Crippen LogP contribution in [0.5, 0.6) is 0 Å². The Morgan fingerprint density at radius 3 is 2.40 bits per heavy atom. The molecule has 7 heteroatoms. The molecule has 0 aliphatic heterocycles. The number of likely N-dealkylation sites (N-methyl/N-ethyl adjacent to an activating group) is 1. The Bertz CT molecular complexity index is 598. The van der Waals surface area contributed by atoms with Crippen LogP contribution in [0.1, 0.15) is 19.4 Å². The number of nitrogen functional groups attached to an aromatic ring is 1. The van der Waals surface area contributed by atoms with E-state index in [1.165, 1.54) is 6.07 Å². The minimum absolute atomic E-state index is 0.161. The van der Waals surface area contributed by atoms with E-state index in [1.54, 1.807) is 13.0 Å². The molecule has 0 amide bonds. The van der Waals surface area contributed by atoms with E-state index in [1.807, 2.05) is 32.8 Å². The molecule has 1 rings (SSSR count). The smallest absolute Gasteiger partial charge is 0.240 e. The molecule has 0 saturated carbocycles. The largest absolute Gasteiger partial charge is 0.397 e. The molecule has 0 aliphatic carbocycles. The average molecular weight is 320 g/mol. The summed E-state index contributed by atoms with van der Waals surface area (Å²) in [4.78, 5) is 2.12. The van der Waals surface area contributed by atoms with Gasteiger partial charge in [-0.25, -0.2) is 13.1 Å². The van der Waals surface area contributed by atoms with Gasteiger partial charge in [0.15, 0.2) is 0 Å². The second kappa shape index (κ2) is 5.89. The van der Waals surface area contributed by atoms with Crippen molar-refractivity contribution < 1.29 is 8.42 Å². The molecule has 0 bridgehead atoms. The highest BCUT2D eigenvalue weighted by atomic mass is 35.5. The van der Waals surface area contributed by atoms with Gasteiger partial charge in [0, 0.05) is 12.1 Å². The molecule has 0 aliphatic rings. The number of hydrogen-bond donors (Lipinski definition) is 2. The molecule has 3 N–H and O–H groups in total. The van der Waals surface area contributed by atoms with Crippen LogP contribution in [0.2, 0.25) is 5.02 Å². The van der Waals surface area contributed by atoms with Gasteiger partial charge in [-0.2, -0.15) is 0 Å². The Labute approximate surface area is 126 Å². The van der Waals surface area contributed by atoms with Gasteiger partial charge in [-0.05, 0) is 52.6 Å². The fourth-order valence-electron chi connectivity index (χ4n) is 1.47. The molecule has 0 atom stereocenters. The van der Waals surface area contributed by atoms with Gasteiger partial charge in [-0.3, -0.25) is 0 Å². The van der Waals surface area contributed by atoms with Gasteiger partial charge in [0.05, 0.1) is 15.6 Å². The van der Waals surface area contributed by atoms with Crippen molar-refractivity contribution in [2.75, 3.05) is 26.4 Å². The van der Waals surface area contributed by atoms with Crippen molar-refractivity contribution in [2.24, 2.45) is 0 Å². The molecule has 0 unspecified atom stereocenters. The summed E-state index contributed by atoms with van der Waals surface area (Å²) >= 11 is 5.88. The van der Waals surface area contributed by atoms with E-state index < -0.39 is 10.0 Å². The lowest BCUT2D eigenvalue weighted by Gasteiger charge is -2.32. The highest BCUT2D eigenvalue weighted by Crippen LogP contribution is 2.26. The zero-order chi connectivity index (χ0) is 15.7. The van der Waals surface area contributed by atoms with E-state index in [9.17, 15) is 8.42 Å². The number of aryl methyl sites for hydroxylation is 1. The van der Waals surface area contributed by atoms with E-state index in [2.05, 4.69) is 4.72 Å². The lowest BCUT2D eigenvalue weighted by atomic mass is 10.1. The fourth-order valence-corrected chi connectivity index (χ4v) is 3.15. The number of rotatable bonds is 5. The van der Waals surface area contributed by atoms with Crippen LogP contribution in [0.4, 0.5) is 5.69 Å². The van der Waals surface area contributed by atoms with Gasteiger partial charge in [-0.1, -0.05) is 11.6 Å². The molecule has 0 spiro atoms. The molecule has 0 saturated heterocycles. The second-order valence-corrected chi connectivity index (χ2v) is 7.81. The van der Waals surface area contributed by atoms with Crippen molar-refractivity contribution in [1.29, 1.82) is 0 Å². The highest BCUT2D eigenvalue weighted by Gasteiger charge is 2.25. The molecule has 0 heterocycles. The molecule has 0 aromatic heterocycles. The third-order valence-corrected chi connectivity index (χ3v) is 5.36. The fraction of sp³-hybridized carbons (Fsp3) is 0.538. The average Bonchev–Trinajstić information content (AvgIpc) is 2.31. The number of anilines is 1. The summed E-state index contributed by atoms with van der Waals surface area (Å²) in [5.41, 5.74) is 6.21. The quantitative estimate of drug-likeness (QED) is 0.812. The Kier molecular flexibility index (Phi) is 5.08. The number of sulfonamides is 1. The molecule has 1 aromatic carbocycles. The van der Waals surface area contributed by atoms with Crippen molar-refractivity contribution in [3.05, 3.63) is 22.7 Å². The summed E-state index contributed by atoms with van der Waals surface area (Å²) in [5.74, 6) is 0. The minimum Gasteiger partial charge on any atom is -0.397 e. The van der Waals surface area contributed by atoms with Crippen molar-refractivity contribution >= 4 is 27.3 Å². The highest BCUT2D eigenvalue weighted by molar-refractivity contribution is 7.89. The first-order valence-electron chi connectivity index (χ1n) is 6.20. The van der Waals surface area contributed by atoms with Crippen molar-refractivity contribution in [3.63, 3.8) is 0 Å². The van der Waals surface area contributed by atoms with E-state index in [-0.39, 0.29) is 16.1 Å². The predicted octanol–water partition coefficient (Wildman–Crippen LogP) is 1.85. The maximum atomic E-state index is 12.4. The summed E-state index contributed by atoms with van der Waals surface area (Å²) in [6, 6.07) is 2.95. The molecule has 114 valence electrons. The first-order chi connectivity index (χ1) is 8.97. The van der Waals surface area contributed by atoms with Gasteiger partial charge in [0.2, 0.25) is 10.0 Å². The van der Waals surface area contributed by atoms with Gasteiger partial charge >= 0.3 is 0 Å². The standard InChI is InChI=1S/C13H22ClN3O2S/c1-9-6-10(14)11(15)7-12(9)20(18,19)16-8-13(2,3)17(4)5/h6-7,16H,8,15H2,1-5H3. The monoisotopic (exact) mass is 319 g/mol. The SMILES string of the molecule is Cc1cc(Cl)c(N)cc1S(=O)(=O)NCC(C)(C)N(C)C. The zero-order valence-corrected chi connectivity index (χ0v) is 14.1. The third kappa shape index (κ3) is 3.85. The Morgan fingerprint density at radius 1 is 1.35 bits per heavy atom. The normalized spacial score (nSPS) is 12.9. The van der Waals surface area contributed by atoms with E-state index in [0.717, 1.165) is 0 Å². The van der Waals surface area contributed by atoms with E-state index >= 15 is 0 Å². The first-order valence-corrected chi connectivity index (χ1v) is 8.06. The maximum absolute atomic E-state index is 12.4. The molecule has 1 aromatic rings. The minimum atomic E-state index is -3.61. The number of nitrogens with one attached hydrogen (secondary N) is 1. The number of nitrogens with two attached hydrogens (primary N) is 1. The topological polar surface area (TPSA) is 75.4 Å².